The Bertz CT molecular complexity index is 956. The molecule has 1 N–H and O–H groups in total. The average Bonchev–Trinajstić information content (AvgIpc) is 3.16. The molecule has 0 saturated heterocycles. The van der Waals surface area contributed by atoms with Crippen molar-refractivity contribution in [2.75, 3.05) is 13.2 Å². The molecule has 0 unspecified atom stereocenters. The SMILES string of the molecule is O=C(Cc1ccc2c(c1)OCCO2)NCc1nc(-c2ccc(F)cc2)no1. The van der Waals surface area contributed by atoms with Gasteiger partial charge in [0, 0.05) is 5.56 Å². The van der Waals surface area contributed by atoms with Gasteiger partial charge in [0.25, 0.3) is 0 Å². The molecule has 1 aliphatic heterocycles. The third-order valence-corrected chi connectivity index (χ3v) is 3.98. The minimum atomic E-state index is -0.339. The minimum Gasteiger partial charge on any atom is -0.486 e. The molecule has 0 radical (unpaired) electrons. The number of halogens is 1. The van der Waals surface area contributed by atoms with Gasteiger partial charge in [-0.1, -0.05) is 11.2 Å². The van der Waals surface area contributed by atoms with E-state index in [0.717, 1.165) is 5.56 Å². The molecule has 7 nitrogen and oxygen atoms in total. The molecule has 2 heterocycles. The lowest BCUT2D eigenvalue weighted by Gasteiger charge is -2.18. The van der Waals surface area contributed by atoms with Gasteiger partial charge < -0.3 is 19.3 Å². The summed E-state index contributed by atoms with van der Waals surface area (Å²) in [4.78, 5) is 16.3. The first-order valence-corrected chi connectivity index (χ1v) is 8.41. The van der Waals surface area contributed by atoms with Crippen LogP contribution in [0.5, 0.6) is 11.5 Å². The fourth-order valence-corrected chi connectivity index (χ4v) is 2.66. The number of fused-ring (bicyclic) bond motifs is 1. The van der Waals surface area contributed by atoms with Gasteiger partial charge in [0.15, 0.2) is 11.5 Å². The van der Waals surface area contributed by atoms with Crippen molar-refractivity contribution in [1.82, 2.24) is 15.5 Å². The van der Waals surface area contributed by atoms with Crippen LogP contribution in [0.15, 0.2) is 47.0 Å². The zero-order valence-electron chi connectivity index (χ0n) is 14.3. The van der Waals surface area contributed by atoms with Crippen LogP contribution in [0.25, 0.3) is 11.4 Å². The van der Waals surface area contributed by atoms with Crippen molar-refractivity contribution < 1.29 is 23.2 Å². The maximum absolute atomic E-state index is 13.0. The molecule has 1 aromatic heterocycles. The van der Waals surface area contributed by atoms with Gasteiger partial charge >= 0.3 is 0 Å². The highest BCUT2D eigenvalue weighted by atomic mass is 19.1. The summed E-state index contributed by atoms with van der Waals surface area (Å²) < 4.78 is 29.1. The lowest BCUT2D eigenvalue weighted by molar-refractivity contribution is -0.120. The van der Waals surface area contributed by atoms with Crippen molar-refractivity contribution in [3.8, 4) is 22.9 Å². The van der Waals surface area contributed by atoms with Crippen LogP contribution in [-0.4, -0.2) is 29.3 Å². The van der Waals surface area contributed by atoms with Crippen LogP contribution in [-0.2, 0) is 17.8 Å². The van der Waals surface area contributed by atoms with Gasteiger partial charge in [-0.3, -0.25) is 4.79 Å². The predicted octanol–water partition coefficient (Wildman–Crippen LogP) is 2.51. The van der Waals surface area contributed by atoms with E-state index in [1.54, 1.807) is 24.3 Å². The average molecular weight is 369 g/mol. The van der Waals surface area contributed by atoms with Crippen molar-refractivity contribution >= 4 is 5.91 Å². The number of nitrogens with one attached hydrogen (secondary N) is 1. The van der Waals surface area contributed by atoms with Crippen LogP contribution >= 0.6 is 0 Å². The molecule has 0 atom stereocenters. The van der Waals surface area contributed by atoms with Gasteiger partial charge in [0.1, 0.15) is 19.0 Å². The number of ether oxygens (including phenoxy) is 2. The maximum Gasteiger partial charge on any atom is 0.246 e. The summed E-state index contributed by atoms with van der Waals surface area (Å²) in [6.07, 6.45) is 0.190. The highest BCUT2D eigenvalue weighted by molar-refractivity contribution is 5.78. The molecular weight excluding hydrogens is 353 g/mol. The largest absolute Gasteiger partial charge is 0.486 e. The molecule has 2 aromatic carbocycles. The first-order valence-electron chi connectivity index (χ1n) is 8.41. The summed E-state index contributed by atoms with van der Waals surface area (Å²) in [6, 6.07) is 11.2. The fraction of sp³-hybridized carbons (Fsp3) is 0.211. The van der Waals surface area contributed by atoms with Gasteiger partial charge in [-0.05, 0) is 42.0 Å². The first-order chi connectivity index (χ1) is 13.2. The van der Waals surface area contributed by atoms with E-state index in [-0.39, 0.29) is 30.6 Å². The van der Waals surface area contributed by atoms with Crippen LogP contribution in [0.2, 0.25) is 0 Å². The Labute approximate surface area is 154 Å². The summed E-state index contributed by atoms with van der Waals surface area (Å²) >= 11 is 0. The van der Waals surface area contributed by atoms with E-state index in [1.807, 2.05) is 6.07 Å². The molecule has 0 saturated carbocycles. The van der Waals surface area contributed by atoms with Crippen molar-refractivity contribution in [2.45, 2.75) is 13.0 Å². The molecule has 8 heteroatoms. The number of carbonyl (C=O) groups excluding carboxylic acids is 1. The Hall–Kier alpha value is -3.42. The number of amides is 1. The molecule has 1 amide bonds. The van der Waals surface area contributed by atoms with E-state index < -0.39 is 0 Å². The second-order valence-corrected chi connectivity index (χ2v) is 5.95. The number of hydrogen-bond acceptors (Lipinski definition) is 6. The molecule has 1 aliphatic rings. The lowest BCUT2D eigenvalue weighted by Crippen LogP contribution is -2.24. The van der Waals surface area contributed by atoms with E-state index in [2.05, 4.69) is 15.5 Å². The standard InChI is InChI=1S/C19H16FN3O4/c20-14-4-2-13(3-5-14)19-22-18(27-23-19)11-21-17(24)10-12-1-6-15-16(9-12)26-8-7-25-15/h1-6,9H,7-8,10-11H2,(H,21,24). The highest BCUT2D eigenvalue weighted by Gasteiger charge is 2.14. The van der Waals surface area contributed by atoms with E-state index in [9.17, 15) is 9.18 Å². The molecule has 0 bridgehead atoms. The summed E-state index contributed by atoms with van der Waals surface area (Å²) in [7, 11) is 0. The van der Waals surface area contributed by atoms with Crippen molar-refractivity contribution in [3.05, 3.63) is 59.7 Å². The van der Waals surface area contributed by atoms with E-state index in [1.165, 1.54) is 12.1 Å². The van der Waals surface area contributed by atoms with Gasteiger partial charge in [-0.25, -0.2) is 4.39 Å². The van der Waals surface area contributed by atoms with Crippen LogP contribution < -0.4 is 14.8 Å². The zero-order chi connectivity index (χ0) is 18.6. The molecule has 138 valence electrons. The van der Waals surface area contributed by atoms with Crippen molar-refractivity contribution in [2.24, 2.45) is 0 Å². The Morgan fingerprint density at radius 2 is 1.85 bits per heavy atom. The molecule has 3 aromatic rings. The van der Waals surface area contributed by atoms with Gasteiger partial charge in [0.2, 0.25) is 17.6 Å². The zero-order valence-corrected chi connectivity index (χ0v) is 14.3. The molecule has 0 spiro atoms. The number of rotatable bonds is 5. The Morgan fingerprint density at radius 3 is 2.67 bits per heavy atom. The quantitative estimate of drug-likeness (QED) is 0.744. The van der Waals surface area contributed by atoms with E-state index >= 15 is 0 Å². The highest BCUT2D eigenvalue weighted by Crippen LogP contribution is 2.30. The molecule has 4 rings (SSSR count). The first kappa shape index (κ1) is 17.0. The van der Waals surface area contributed by atoms with Crippen LogP contribution in [0.1, 0.15) is 11.5 Å². The van der Waals surface area contributed by atoms with Crippen LogP contribution in [0, 0.1) is 5.82 Å². The third-order valence-electron chi connectivity index (χ3n) is 3.98. The number of benzene rings is 2. The Balaban J connectivity index is 1.34. The van der Waals surface area contributed by atoms with Crippen LogP contribution in [0.3, 0.4) is 0 Å². The third kappa shape index (κ3) is 4.05. The molecule has 0 aliphatic carbocycles. The van der Waals surface area contributed by atoms with Gasteiger partial charge in [-0.15, -0.1) is 0 Å². The summed E-state index contributed by atoms with van der Waals surface area (Å²) in [5, 5.41) is 6.57. The topological polar surface area (TPSA) is 86.5 Å². The summed E-state index contributed by atoms with van der Waals surface area (Å²) in [5.74, 6) is 1.41. The van der Waals surface area contributed by atoms with Crippen molar-refractivity contribution in [1.29, 1.82) is 0 Å². The van der Waals surface area contributed by atoms with E-state index in [4.69, 9.17) is 14.0 Å². The lowest BCUT2D eigenvalue weighted by atomic mass is 10.1. The van der Waals surface area contributed by atoms with Crippen LogP contribution in [0.4, 0.5) is 4.39 Å². The second kappa shape index (κ2) is 7.45. The molecular formula is C19H16FN3O4. The number of carbonyl (C=O) groups is 1. The minimum absolute atomic E-state index is 0.109. The summed E-state index contributed by atoms with van der Waals surface area (Å²) in [5.41, 5.74) is 1.45. The number of nitrogens with zero attached hydrogens (tertiary/aromatic N) is 2. The fourth-order valence-electron chi connectivity index (χ4n) is 2.66. The van der Waals surface area contributed by atoms with E-state index in [0.29, 0.717) is 36.1 Å². The molecule has 27 heavy (non-hydrogen) atoms. The monoisotopic (exact) mass is 369 g/mol. The Kier molecular flexibility index (Phi) is 4.69. The van der Waals surface area contributed by atoms with Gasteiger partial charge in [0.05, 0.1) is 13.0 Å². The predicted molar refractivity (Wildman–Crippen MR) is 92.7 cm³/mol. The van der Waals surface area contributed by atoms with Gasteiger partial charge in [-0.2, -0.15) is 4.98 Å². The van der Waals surface area contributed by atoms with Crippen molar-refractivity contribution in [3.63, 3.8) is 0 Å². The number of aromatic nitrogens is 2. The maximum atomic E-state index is 13.0. The molecule has 0 fully saturated rings. The summed E-state index contributed by atoms with van der Waals surface area (Å²) in [6.45, 7) is 1.13. The second-order valence-electron chi connectivity index (χ2n) is 5.95. The smallest absolute Gasteiger partial charge is 0.246 e. The number of hydrogen-bond donors (Lipinski definition) is 1. The Morgan fingerprint density at radius 1 is 1.07 bits per heavy atom. The normalized spacial score (nSPS) is 12.6.